The van der Waals surface area contributed by atoms with Gasteiger partial charge in [-0.1, -0.05) is 0 Å². The maximum absolute atomic E-state index is 10.1. The lowest BCUT2D eigenvalue weighted by atomic mass is 10.4. The summed E-state index contributed by atoms with van der Waals surface area (Å²) in [5, 5.41) is 16.2. The third-order valence-corrected chi connectivity index (χ3v) is 0.779. The molecule has 0 heterocycles. The summed E-state index contributed by atoms with van der Waals surface area (Å²) < 4.78 is 3.72. The van der Waals surface area contributed by atoms with Crippen molar-refractivity contribution in [3.8, 4) is 0 Å². The summed E-state index contributed by atoms with van der Waals surface area (Å²) in [4.78, 5) is 39.8. The first-order chi connectivity index (χ1) is 5.49. The van der Waals surface area contributed by atoms with Crippen molar-refractivity contribution >= 4 is 24.2 Å². The van der Waals surface area contributed by atoms with Crippen LogP contribution in [0.2, 0.25) is 0 Å². The Balaban J connectivity index is 4.34. The van der Waals surface area contributed by atoms with Crippen molar-refractivity contribution in [1.29, 1.82) is 0 Å². The predicted octanol–water partition coefficient (Wildman–Crippen LogP) is -1.73. The van der Waals surface area contributed by atoms with Crippen LogP contribution in [0.15, 0.2) is 0 Å². The van der Waals surface area contributed by atoms with Gasteiger partial charge in [0, 0.05) is 0 Å². The Morgan fingerprint density at radius 2 is 1.58 bits per heavy atom. The molecule has 0 fully saturated rings. The van der Waals surface area contributed by atoms with Gasteiger partial charge >= 0.3 is 17.9 Å². The van der Waals surface area contributed by atoms with E-state index in [0.29, 0.717) is 0 Å². The van der Waals surface area contributed by atoms with E-state index in [1.165, 1.54) is 0 Å². The molecule has 7 heteroatoms. The summed E-state index contributed by atoms with van der Waals surface area (Å²) in [7, 11) is 0. The second-order valence-electron chi connectivity index (χ2n) is 1.61. The highest BCUT2D eigenvalue weighted by Gasteiger charge is 2.29. The molecule has 0 atom stereocenters. The van der Waals surface area contributed by atoms with Gasteiger partial charge in [0.05, 0.1) is 0 Å². The van der Waals surface area contributed by atoms with Crippen LogP contribution in [0.5, 0.6) is 0 Å². The highest BCUT2D eigenvalue weighted by Crippen LogP contribution is 1.92. The number of hydrogen-bond acceptors (Lipinski definition) is 5. The zero-order chi connectivity index (χ0) is 9.72. The number of aldehydes is 1. The van der Waals surface area contributed by atoms with Crippen LogP contribution in [0.4, 0.5) is 0 Å². The molecule has 2 N–H and O–H groups in total. The van der Waals surface area contributed by atoms with E-state index in [-0.39, 0.29) is 6.29 Å². The van der Waals surface area contributed by atoms with E-state index in [4.69, 9.17) is 10.2 Å². The van der Waals surface area contributed by atoms with Crippen molar-refractivity contribution in [3.05, 3.63) is 0 Å². The lowest BCUT2D eigenvalue weighted by Crippen LogP contribution is -2.34. The van der Waals surface area contributed by atoms with Gasteiger partial charge in [-0.2, -0.15) is 0 Å². The summed E-state index contributed by atoms with van der Waals surface area (Å²) in [6.07, 6.45) is -2.65. The molecule has 0 unspecified atom stereocenters. The van der Waals surface area contributed by atoms with Gasteiger partial charge in [0.15, 0.2) is 0 Å². The molecular weight excluding hydrogens is 172 g/mol. The molecule has 0 spiro atoms. The molecule has 0 aromatic carbocycles. The largest absolute Gasteiger partial charge is 0.478 e. The maximum atomic E-state index is 10.1. The van der Waals surface area contributed by atoms with E-state index in [9.17, 15) is 19.2 Å². The van der Waals surface area contributed by atoms with Gasteiger partial charge in [0.2, 0.25) is 6.29 Å². The van der Waals surface area contributed by atoms with Gasteiger partial charge in [0.25, 0.3) is 6.10 Å². The van der Waals surface area contributed by atoms with Gasteiger partial charge in [-0.3, -0.25) is 4.79 Å². The normalized spacial score (nSPS) is 9.08. The molecule has 7 nitrogen and oxygen atoms in total. The average Bonchev–Trinajstić information content (AvgIpc) is 1.98. The number of ether oxygens (including phenoxy) is 1. The van der Waals surface area contributed by atoms with Gasteiger partial charge in [-0.15, -0.1) is 0 Å². The van der Waals surface area contributed by atoms with E-state index in [2.05, 4.69) is 4.74 Å². The minimum atomic E-state index is -2.33. The van der Waals surface area contributed by atoms with Crippen molar-refractivity contribution in [1.82, 2.24) is 0 Å². The molecule has 0 aliphatic heterocycles. The van der Waals surface area contributed by atoms with Gasteiger partial charge in [-0.05, 0) is 0 Å². The van der Waals surface area contributed by atoms with Crippen molar-refractivity contribution in [2.75, 3.05) is 0 Å². The Morgan fingerprint density at radius 3 is 1.83 bits per heavy atom. The van der Waals surface area contributed by atoms with Crippen molar-refractivity contribution in [2.45, 2.75) is 6.10 Å². The minimum Gasteiger partial charge on any atom is -0.478 e. The van der Waals surface area contributed by atoms with Crippen LogP contribution in [0.3, 0.4) is 0 Å². The SMILES string of the molecule is O=CC(=O)OC(C(=O)O)C(=O)O. The van der Waals surface area contributed by atoms with Crippen LogP contribution in [0.1, 0.15) is 0 Å². The molecule has 0 amide bonds. The number of carbonyl (C=O) groups excluding carboxylic acids is 2. The van der Waals surface area contributed by atoms with Crippen LogP contribution in [-0.2, 0) is 23.9 Å². The first-order valence-corrected chi connectivity index (χ1v) is 2.60. The number of esters is 1. The molecule has 0 rings (SSSR count). The fourth-order valence-corrected chi connectivity index (χ4v) is 0.350. The number of carboxylic acids is 2. The van der Waals surface area contributed by atoms with Gasteiger partial charge in [-0.25, -0.2) is 14.4 Å². The molecule has 0 saturated heterocycles. The Bertz CT molecular complexity index is 216. The molecule has 0 aromatic rings. The summed E-state index contributed by atoms with van der Waals surface area (Å²) in [6, 6.07) is 0. The third-order valence-electron chi connectivity index (χ3n) is 0.779. The van der Waals surface area contributed by atoms with E-state index in [1.54, 1.807) is 0 Å². The van der Waals surface area contributed by atoms with E-state index in [1.807, 2.05) is 0 Å². The number of hydrogen-bond donors (Lipinski definition) is 2. The van der Waals surface area contributed by atoms with E-state index < -0.39 is 24.0 Å². The van der Waals surface area contributed by atoms with Crippen LogP contribution >= 0.6 is 0 Å². The first kappa shape index (κ1) is 10.1. The Morgan fingerprint density at radius 1 is 1.17 bits per heavy atom. The summed E-state index contributed by atoms with van der Waals surface area (Å²) in [5.41, 5.74) is 0. The molecular formula is C5H4O7. The van der Waals surface area contributed by atoms with E-state index >= 15 is 0 Å². The average molecular weight is 176 g/mol. The monoisotopic (exact) mass is 176 g/mol. The number of aliphatic carboxylic acids is 2. The highest BCUT2D eigenvalue weighted by molar-refractivity contribution is 6.21. The minimum absolute atomic E-state index is 0.321. The second-order valence-corrected chi connectivity index (χ2v) is 1.61. The maximum Gasteiger partial charge on any atom is 0.372 e. The van der Waals surface area contributed by atoms with E-state index in [0.717, 1.165) is 0 Å². The Hall–Kier alpha value is -1.92. The van der Waals surface area contributed by atoms with Crippen LogP contribution < -0.4 is 0 Å². The molecule has 66 valence electrons. The fraction of sp³-hybridized carbons (Fsp3) is 0.200. The lowest BCUT2D eigenvalue weighted by molar-refractivity contribution is -0.174. The molecule has 0 bridgehead atoms. The second kappa shape index (κ2) is 4.06. The molecule has 0 aromatic heterocycles. The zero-order valence-corrected chi connectivity index (χ0v) is 5.59. The molecule has 0 radical (unpaired) electrons. The smallest absolute Gasteiger partial charge is 0.372 e. The molecule has 12 heavy (non-hydrogen) atoms. The van der Waals surface area contributed by atoms with Crippen molar-refractivity contribution < 1.29 is 34.1 Å². The van der Waals surface area contributed by atoms with Crippen LogP contribution in [-0.4, -0.2) is 40.5 Å². The predicted molar refractivity (Wildman–Crippen MR) is 31.2 cm³/mol. The zero-order valence-electron chi connectivity index (χ0n) is 5.59. The number of carboxylic acid groups (broad SMARTS) is 2. The topological polar surface area (TPSA) is 118 Å². The quantitative estimate of drug-likeness (QED) is 0.226. The van der Waals surface area contributed by atoms with Crippen molar-refractivity contribution in [2.24, 2.45) is 0 Å². The fourth-order valence-electron chi connectivity index (χ4n) is 0.350. The Labute approximate surface area is 65.5 Å². The molecule has 0 aliphatic rings. The first-order valence-electron chi connectivity index (χ1n) is 2.60. The third kappa shape index (κ3) is 2.78. The molecule has 0 saturated carbocycles. The summed E-state index contributed by atoms with van der Waals surface area (Å²) in [5.74, 6) is -5.24. The lowest BCUT2D eigenvalue weighted by Gasteiger charge is -2.05. The van der Waals surface area contributed by atoms with Crippen LogP contribution in [0.25, 0.3) is 0 Å². The number of carbonyl (C=O) groups is 4. The summed E-state index contributed by atoms with van der Waals surface area (Å²) in [6.45, 7) is 0. The van der Waals surface area contributed by atoms with Crippen molar-refractivity contribution in [3.63, 3.8) is 0 Å². The molecule has 0 aliphatic carbocycles. The van der Waals surface area contributed by atoms with Gasteiger partial charge < -0.3 is 14.9 Å². The highest BCUT2D eigenvalue weighted by atomic mass is 16.6. The number of rotatable bonds is 4. The van der Waals surface area contributed by atoms with Gasteiger partial charge in [0.1, 0.15) is 0 Å². The standard InChI is InChI=1S/C5H4O7/c6-1-2(7)12-3(4(8)9)5(10)11/h1,3H,(H,8,9)(H,10,11). The summed E-state index contributed by atoms with van der Waals surface area (Å²) >= 11 is 0. The van der Waals surface area contributed by atoms with Crippen LogP contribution in [0, 0.1) is 0 Å². The Kier molecular flexibility index (Phi) is 3.41.